The molecule has 2 aromatic rings. The van der Waals surface area contributed by atoms with Crippen LogP contribution in [0.5, 0.6) is 11.5 Å². The lowest BCUT2D eigenvalue weighted by molar-refractivity contribution is 0.302. The van der Waals surface area contributed by atoms with E-state index >= 15 is 0 Å². The van der Waals surface area contributed by atoms with Gasteiger partial charge >= 0.3 is 0 Å². The van der Waals surface area contributed by atoms with Crippen molar-refractivity contribution in [1.29, 1.82) is 0 Å². The summed E-state index contributed by atoms with van der Waals surface area (Å²) >= 11 is 0. The lowest BCUT2D eigenvalue weighted by Crippen LogP contribution is -1.99. The molecule has 1 aromatic heterocycles. The minimum atomic E-state index is 0.721. The highest BCUT2D eigenvalue weighted by atomic mass is 16.5. The van der Waals surface area contributed by atoms with Crippen LogP contribution in [-0.4, -0.2) is 23.2 Å². The van der Waals surface area contributed by atoms with E-state index in [0.717, 1.165) is 54.9 Å². The fraction of sp³-hybridized carbons (Fsp3) is 0.688. The molecule has 1 saturated carbocycles. The van der Waals surface area contributed by atoms with Gasteiger partial charge in [0.25, 0.3) is 0 Å². The third-order valence-electron chi connectivity index (χ3n) is 7.51. The van der Waals surface area contributed by atoms with Crippen molar-refractivity contribution in [3.63, 3.8) is 0 Å². The van der Waals surface area contributed by atoms with Crippen LogP contribution >= 0.6 is 0 Å². The van der Waals surface area contributed by atoms with Gasteiger partial charge in [-0.2, -0.15) is 0 Å². The highest BCUT2D eigenvalue weighted by molar-refractivity contribution is 5.56. The first-order chi connectivity index (χ1) is 17.8. The van der Waals surface area contributed by atoms with E-state index in [2.05, 4.69) is 16.9 Å². The second kappa shape index (κ2) is 18.2. The van der Waals surface area contributed by atoms with Gasteiger partial charge in [0.05, 0.1) is 25.6 Å². The van der Waals surface area contributed by atoms with Gasteiger partial charge in [-0.25, -0.2) is 9.97 Å². The van der Waals surface area contributed by atoms with E-state index in [9.17, 15) is 0 Å². The summed E-state index contributed by atoms with van der Waals surface area (Å²) in [5.41, 5.74) is 0.999. The number of rotatable bonds is 20. The molecule has 0 aliphatic heterocycles. The number of unbranched alkanes of at least 4 members (excludes halogenated alkanes) is 11. The Morgan fingerprint density at radius 3 is 1.78 bits per heavy atom. The van der Waals surface area contributed by atoms with Crippen LogP contribution in [0.4, 0.5) is 0 Å². The Bertz CT molecular complexity index is 785. The summed E-state index contributed by atoms with van der Waals surface area (Å²) in [4.78, 5) is 8.99. The Morgan fingerprint density at radius 2 is 1.17 bits per heavy atom. The van der Waals surface area contributed by atoms with E-state index < -0.39 is 0 Å². The Labute approximate surface area is 220 Å². The SMILES string of the molecule is CCCCCCCCCCOc1cnc(-c2ccc(OCCCCCCCC3CCCC3)cc2)nc1. The van der Waals surface area contributed by atoms with E-state index in [4.69, 9.17) is 9.47 Å². The van der Waals surface area contributed by atoms with E-state index in [0.29, 0.717) is 0 Å². The molecule has 36 heavy (non-hydrogen) atoms. The van der Waals surface area contributed by atoms with Crippen molar-refractivity contribution >= 4 is 0 Å². The topological polar surface area (TPSA) is 44.2 Å². The number of nitrogens with zero attached hydrogens (tertiary/aromatic N) is 2. The maximum absolute atomic E-state index is 5.94. The van der Waals surface area contributed by atoms with Crippen molar-refractivity contribution in [2.24, 2.45) is 5.92 Å². The molecule has 1 fully saturated rings. The molecule has 0 unspecified atom stereocenters. The average molecular weight is 495 g/mol. The van der Waals surface area contributed by atoms with Crippen molar-refractivity contribution in [2.75, 3.05) is 13.2 Å². The minimum Gasteiger partial charge on any atom is -0.494 e. The Balaban J connectivity index is 1.22. The third kappa shape index (κ3) is 11.8. The van der Waals surface area contributed by atoms with Gasteiger partial charge in [-0.15, -0.1) is 0 Å². The quantitative estimate of drug-likeness (QED) is 0.172. The average Bonchev–Trinajstić information content (AvgIpc) is 3.44. The Hall–Kier alpha value is -2.10. The first-order valence-electron chi connectivity index (χ1n) is 15.0. The summed E-state index contributed by atoms with van der Waals surface area (Å²) < 4.78 is 11.8. The molecule has 0 atom stereocenters. The maximum Gasteiger partial charge on any atom is 0.159 e. The number of ether oxygens (including phenoxy) is 2. The molecule has 0 bridgehead atoms. The third-order valence-corrected chi connectivity index (χ3v) is 7.51. The second-order valence-electron chi connectivity index (χ2n) is 10.6. The summed E-state index contributed by atoms with van der Waals surface area (Å²) in [7, 11) is 0. The molecular weight excluding hydrogens is 444 g/mol. The molecule has 4 heteroatoms. The highest BCUT2D eigenvalue weighted by Gasteiger charge is 2.13. The second-order valence-corrected chi connectivity index (χ2v) is 10.6. The van der Waals surface area contributed by atoms with Gasteiger partial charge in [0, 0.05) is 5.56 Å². The van der Waals surface area contributed by atoms with Crippen LogP contribution in [0, 0.1) is 5.92 Å². The molecule has 1 heterocycles. The number of hydrogen-bond acceptors (Lipinski definition) is 4. The monoisotopic (exact) mass is 494 g/mol. The molecule has 0 N–H and O–H groups in total. The summed E-state index contributed by atoms with van der Waals surface area (Å²) in [5.74, 6) is 3.43. The summed E-state index contributed by atoms with van der Waals surface area (Å²) in [6.07, 6.45) is 27.9. The number of benzene rings is 1. The van der Waals surface area contributed by atoms with Crippen molar-refractivity contribution in [3.8, 4) is 22.9 Å². The van der Waals surface area contributed by atoms with Crippen molar-refractivity contribution in [1.82, 2.24) is 9.97 Å². The van der Waals surface area contributed by atoms with Gasteiger partial charge in [0.1, 0.15) is 5.75 Å². The Kier molecular flexibility index (Phi) is 14.4. The van der Waals surface area contributed by atoms with Crippen molar-refractivity contribution in [3.05, 3.63) is 36.7 Å². The molecule has 0 saturated heterocycles. The molecule has 0 amide bonds. The number of aromatic nitrogens is 2. The van der Waals surface area contributed by atoms with Crippen LogP contribution in [-0.2, 0) is 0 Å². The molecule has 200 valence electrons. The van der Waals surface area contributed by atoms with Crippen LogP contribution in [0.25, 0.3) is 11.4 Å². The minimum absolute atomic E-state index is 0.721. The first kappa shape index (κ1) is 28.5. The Morgan fingerprint density at radius 1 is 0.639 bits per heavy atom. The van der Waals surface area contributed by atoms with Crippen LogP contribution in [0.1, 0.15) is 122 Å². The van der Waals surface area contributed by atoms with Gasteiger partial charge in [-0.05, 0) is 43.0 Å². The zero-order chi connectivity index (χ0) is 25.1. The molecule has 3 rings (SSSR count). The van der Waals surface area contributed by atoms with Crippen LogP contribution in [0.2, 0.25) is 0 Å². The molecule has 0 spiro atoms. The lowest BCUT2D eigenvalue weighted by Gasteiger charge is -2.09. The molecule has 1 aromatic carbocycles. The fourth-order valence-corrected chi connectivity index (χ4v) is 5.22. The molecule has 4 nitrogen and oxygen atoms in total. The predicted octanol–water partition coefficient (Wildman–Crippen LogP) is 9.57. The van der Waals surface area contributed by atoms with Crippen LogP contribution in [0.3, 0.4) is 0 Å². The fourth-order valence-electron chi connectivity index (χ4n) is 5.22. The number of hydrogen-bond donors (Lipinski definition) is 0. The lowest BCUT2D eigenvalue weighted by atomic mass is 9.99. The zero-order valence-corrected chi connectivity index (χ0v) is 22.9. The van der Waals surface area contributed by atoms with Crippen molar-refractivity contribution < 1.29 is 9.47 Å². The van der Waals surface area contributed by atoms with Gasteiger partial charge in [0.15, 0.2) is 11.6 Å². The highest BCUT2D eigenvalue weighted by Crippen LogP contribution is 2.29. The van der Waals surface area contributed by atoms with Gasteiger partial charge < -0.3 is 9.47 Å². The van der Waals surface area contributed by atoms with E-state index in [1.807, 2.05) is 24.3 Å². The first-order valence-corrected chi connectivity index (χ1v) is 15.0. The molecular formula is C32H50N2O2. The van der Waals surface area contributed by atoms with Crippen LogP contribution in [0.15, 0.2) is 36.7 Å². The van der Waals surface area contributed by atoms with Gasteiger partial charge in [0.2, 0.25) is 0 Å². The smallest absolute Gasteiger partial charge is 0.159 e. The standard InChI is InChI=1S/C32H50N2O2/c1-2-3-4-5-6-7-10-16-25-36-31-26-33-32(34-27-31)29-20-22-30(23-21-29)35-24-15-11-8-9-12-17-28-18-13-14-19-28/h20-23,26-28H,2-19,24-25H2,1H3. The largest absolute Gasteiger partial charge is 0.494 e. The molecule has 0 radical (unpaired) electrons. The molecule has 1 aliphatic rings. The molecule has 1 aliphatic carbocycles. The predicted molar refractivity (Wildman–Crippen MR) is 151 cm³/mol. The zero-order valence-electron chi connectivity index (χ0n) is 22.9. The van der Waals surface area contributed by atoms with Crippen LogP contribution < -0.4 is 9.47 Å². The summed E-state index contributed by atoms with van der Waals surface area (Å²) in [5, 5.41) is 0. The van der Waals surface area contributed by atoms with E-state index in [1.165, 1.54) is 103 Å². The van der Waals surface area contributed by atoms with Gasteiger partial charge in [-0.3, -0.25) is 0 Å². The summed E-state index contributed by atoms with van der Waals surface area (Å²) in [6.45, 7) is 3.80. The van der Waals surface area contributed by atoms with Crippen molar-refractivity contribution in [2.45, 2.75) is 122 Å². The van der Waals surface area contributed by atoms with E-state index in [1.54, 1.807) is 12.4 Å². The van der Waals surface area contributed by atoms with Gasteiger partial charge in [-0.1, -0.05) is 110 Å². The van der Waals surface area contributed by atoms with E-state index in [-0.39, 0.29) is 0 Å². The normalized spacial score (nSPS) is 13.8. The summed E-state index contributed by atoms with van der Waals surface area (Å²) in [6, 6.07) is 8.11. The maximum atomic E-state index is 5.94.